The van der Waals surface area contributed by atoms with Crippen LogP contribution in [0.4, 0.5) is 4.39 Å². The third-order valence-corrected chi connectivity index (χ3v) is 3.49. The standard InChI is InChI=1S/C16H12ClFN4O.CH4O3S/c17-10-5-6-13-9(7-10)8-14(20-13)16(23)22-21-15(19)11-3-1-2-4-12(11)18;1-5(2,3)4/h1-8,20H,(H2,19,21)(H,22,23);1H3,(H,2,3,4). The number of amides is 1. The number of hydrogen-bond acceptors (Lipinski definition) is 4. The molecular weight excluding hydrogens is 411 g/mol. The van der Waals surface area contributed by atoms with Gasteiger partial charge in [-0.1, -0.05) is 23.7 Å². The van der Waals surface area contributed by atoms with Crippen LogP contribution in [0.25, 0.3) is 10.9 Å². The molecule has 1 aromatic heterocycles. The highest BCUT2D eigenvalue weighted by Crippen LogP contribution is 2.20. The molecule has 0 radical (unpaired) electrons. The predicted octanol–water partition coefficient (Wildman–Crippen LogP) is 2.51. The molecule has 0 aliphatic heterocycles. The first-order chi connectivity index (χ1) is 13.0. The van der Waals surface area contributed by atoms with E-state index >= 15 is 0 Å². The van der Waals surface area contributed by atoms with Crippen molar-refractivity contribution in [3.8, 4) is 0 Å². The minimum Gasteiger partial charge on any atom is -0.382 e. The Labute approximate surface area is 164 Å². The van der Waals surface area contributed by atoms with Crippen LogP contribution in [0.2, 0.25) is 5.02 Å². The third-order valence-electron chi connectivity index (χ3n) is 3.26. The molecule has 3 aromatic rings. The van der Waals surface area contributed by atoms with Crippen LogP contribution >= 0.6 is 11.6 Å². The van der Waals surface area contributed by atoms with Crippen molar-refractivity contribution in [1.82, 2.24) is 10.4 Å². The van der Waals surface area contributed by atoms with E-state index in [1.165, 1.54) is 12.1 Å². The Kier molecular flexibility index (Phi) is 6.73. The maximum absolute atomic E-state index is 13.6. The minimum atomic E-state index is -3.67. The maximum atomic E-state index is 13.6. The molecule has 2 aromatic carbocycles. The van der Waals surface area contributed by atoms with E-state index in [2.05, 4.69) is 15.5 Å². The number of aromatic amines is 1. The summed E-state index contributed by atoms with van der Waals surface area (Å²) in [7, 11) is -3.67. The predicted molar refractivity (Wildman–Crippen MR) is 105 cm³/mol. The van der Waals surface area contributed by atoms with Gasteiger partial charge in [0.15, 0.2) is 5.84 Å². The number of benzene rings is 2. The molecule has 0 bridgehead atoms. The average molecular weight is 427 g/mol. The van der Waals surface area contributed by atoms with Gasteiger partial charge in [0.25, 0.3) is 16.0 Å². The molecule has 8 nitrogen and oxygen atoms in total. The molecule has 11 heteroatoms. The van der Waals surface area contributed by atoms with Crippen molar-refractivity contribution in [2.24, 2.45) is 10.8 Å². The fourth-order valence-electron chi connectivity index (χ4n) is 2.13. The molecule has 0 saturated carbocycles. The van der Waals surface area contributed by atoms with Gasteiger partial charge in [0.05, 0.1) is 11.8 Å². The van der Waals surface area contributed by atoms with Crippen LogP contribution < -0.4 is 11.2 Å². The summed E-state index contributed by atoms with van der Waals surface area (Å²) >= 11 is 5.90. The number of hydrazone groups is 1. The smallest absolute Gasteiger partial charge is 0.287 e. The van der Waals surface area contributed by atoms with Gasteiger partial charge >= 0.3 is 0 Å². The van der Waals surface area contributed by atoms with Crippen molar-refractivity contribution in [3.05, 3.63) is 70.6 Å². The monoisotopic (exact) mass is 426 g/mol. The van der Waals surface area contributed by atoms with Crippen molar-refractivity contribution in [3.63, 3.8) is 0 Å². The lowest BCUT2D eigenvalue weighted by molar-refractivity contribution is 0.0950. The van der Waals surface area contributed by atoms with Gasteiger partial charge in [-0.3, -0.25) is 9.35 Å². The summed E-state index contributed by atoms with van der Waals surface area (Å²) in [5, 5.41) is 5.10. The van der Waals surface area contributed by atoms with E-state index < -0.39 is 21.8 Å². The zero-order chi connectivity index (χ0) is 20.9. The summed E-state index contributed by atoms with van der Waals surface area (Å²) in [5.74, 6) is -1.12. The first-order valence-electron chi connectivity index (χ1n) is 7.63. The normalized spacial score (nSPS) is 11.6. The topological polar surface area (TPSA) is 138 Å². The molecule has 1 heterocycles. The Bertz CT molecular complexity index is 1140. The highest BCUT2D eigenvalue weighted by molar-refractivity contribution is 7.85. The van der Waals surface area contributed by atoms with Crippen LogP contribution in [-0.4, -0.2) is 36.0 Å². The SMILES string of the molecule is CS(=O)(=O)O.N/C(=N/NC(=O)c1cc2cc(Cl)ccc2[nH]1)c1ccccc1F. The molecule has 0 fully saturated rings. The molecule has 148 valence electrons. The number of halogens is 2. The zero-order valence-electron chi connectivity index (χ0n) is 14.5. The van der Waals surface area contributed by atoms with E-state index in [0.29, 0.717) is 17.0 Å². The number of nitrogens with zero attached hydrogens (tertiary/aromatic N) is 1. The van der Waals surface area contributed by atoms with E-state index in [1.807, 2.05) is 0 Å². The van der Waals surface area contributed by atoms with Gasteiger partial charge in [0, 0.05) is 15.9 Å². The van der Waals surface area contributed by atoms with E-state index in [9.17, 15) is 17.6 Å². The van der Waals surface area contributed by atoms with Crippen LogP contribution in [-0.2, 0) is 10.1 Å². The van der Waals surface area contributed by atoms with Gasteiger partial charge in [-0.15, -0.1) is 0 Å². The van der Waals surface area contributed by atoms with E-state index in [4.69, 9.17) is 21.9 Å². The average Bonchev–Trinajstić information content (AvgIpc) is 3.01. The van der Waals surface area contributed by atoms with Crippen LogP contribution in [0.15, 0.2) is 53.6 Å². The number of nitrogens with two attached hydrogens (primary N) is 1. The van der Waals surface area contributed by atoms with Crippen molar-refractivity contribution < 1.29 is 22.2 Å². The van der Waals surface area contributed by atoms with Crippen LogP contribution in [0.1, 0.15) is 16.1 Å². The van der Waals surface area contributed by atoms with E-state index in [1.54, 1.807) is 36.4 Å². The number of amidine groups is 1. The van der Waals surface area contributed by atoms with Gasteiger partial charge in [-0.2, -0.15) is 13.5 Å². The minimum absolute atomic E-state index is 0.115. The van der Waals surface area contributed by atoms with Crippen molar-refractivity contribution in [1.29, 1.82) is 0 Å². The van der Waals surface area contributed by atoms with Crippen molar-refractivity contribution in [2.75, 3.05) is 6.26 Å². The molecule has 1 amide bonds. The Morgan fingerprint density at radius 2 is 1.89 bits per heavy atom. The fourth-order valence-corrected chi connectivity index (χ4v) is 2.31. The highest BCUT2D eigenvalue weighted by atomic mass is 35.5. The van der Waals surface area contributed by atoms with Crippen LogP contribution in [0, 0.1) is 5.82 Å². The van der Waals surface area contributed by atoms with Crippen molar-refractivity contribution >= 4 is 44.4 Å². The van der Waals surface area contributed by atoms with E-state index in [-0.39, 0.29) is 11.4 Å². The summed E-state index contributed by atoms with van der Waals surface area (Å²) in [5.41, 5.74) is 9.17. The third kappa shape index (κ3) is 6.34. The highest BCUT2D eigenvalue weighted by Gasteiger charge is 2.10. The fraction of sp³-hybridized carbons (Fsp3) is 0.0588. The van der Waals surface area contributed by atoms with Gasteiger partial charge in [-0.25, -0.2) is 9.82 Å². The maximum Gasteiger partial charge on any atom is 0.287 e. The summed E-state index contributed by atoms with van der Waals surface area (Å²) in [4.78, 5) is 15.0. The van der Waals surface area contributed by atoms with E-state index in [0.717, 1.165) is 10.9 Å². The second-order valence-corrected chi connectivity index (χ2v) is 7.47. The molecule has 0 aliphatic rings. The number of aromatic nitrogens is 1. The molecule has 0 unspecified atom stereocenters. The summed E-state index contributed by atoms with van der Waals surface area (Å²) in [6.45, 7) is 0. The number of carbonyl (C=O) groups excluding carboxylic acids is 1. The summed E-state index contributed by atoms with van der Waals surface area (Å²) in [6, 6.07) is 12.8. The molecule has 0 spiro atoms. The molecule has 28 heavy (non-hydrogen) atoms. The number of H-pyrrole nitrogens is 1. The number of nitrogens with one attached hydrogen (secondary N) is 2. The number of hydrogen-bond donors (Lipinski definition) is 4. The molecule has 0 atom stereocenters. The Morgan fingerprint density at radius 1 is 1.25 bits per heavy atom. The summed E-state index contributed by atoms with van der Waals surface area (Å²) < 4.78 is 39.4. The lowest BCUT2D eigenvalue weighted by atomic mass is 10.2. The van der Waals surface area contributed by atoms with Gasteiger partial charge in [0.1, 0.15) is 11.5 Å². The number of rotatable bonds is 3. The molecule has 5 N–H and O–H groups in total. The van der Waals surface area contributed by atoms with Gasteiger partial charge in [-0.05, 0) is 36.4 Å². The van der Waals surface area contributed by atoms with Crippen LogP contribution in [0.3, 0.4) is 0 Å². The van der Waals surface area contributed by atoms with Crippen molar-refractivity contribution in [2.45, 2.75) is 0 Å². The first-order valence-corrected chi connectivity index (χ1v) is 9.86. The number of fused-ring (bicyclic) bond motifs is 1. The summed E-state index contributed by atoms with van der Waals surface area (Å²) in [6.07, 6.45) is 0.715. The van der Waals surface area contributed by atoms with Crippen LogP contribution in [0.5, 0.6) is 0 Å². The second kappa shape index (κ2) is 8.83. The lowest BCUT2D eigenvalue weighted by Gasteiger charge is -2.02. The number of carbonyl (C=O) groups is 1. The Morgan fingerprint density at radius 3 is 2.54 bits per heavy atom. The molecule has 3 rings (SSSR count). The lowest BCUT2D eigenvalue weighted by Crippen LogP contribution is -2.24. The van der Waals surface area contributed by atoms with Gasteiger partial charge < -0.3 is 10.7 Å². The zero-order valence-corrected chi connectivity index (χ0v) is 16.1. The quantitative estimate of drug-likeness (QED) is 0.220. The second-order valence-electron chi connectivity index (χ2n) is 5.57. The Hall–Kier alpha value is -2.95. The molecular formula is C17H16ClFN4O4S. The molecule has 0 saturated heterocycles. The molecule has 0 aliphatic carbocycles. The van der Waals surface area contributed by atoms with Gasteiger partial charge in [0.2, 0.25) is 0 Å². The first kappa shape index (κ1) is 21.4. The largest absolute Gasteiger partial charge is 0.382 e. The Balaban J connectivity index is 0.000000500.